The van der Waals surface area contributed by atoms with Gasteiger partial charge in [-0.25, -0.2) is 0 Å². The van der Waals surface area contributed by atoms with E-state index in [0.717, 1.165) is 0 Å². The van der Waals surface area contributed by atoms with E-state index in [-0.39, 0.29) is 23.4 Å². The second-order valence-corrected chi connectivity index (χ2v) is 4.93. The third kappa shape index (κ3) is 2.87. The molecule has 1 aromatic rings. The van der Waals surface area contributed by atoms with Gasteiger partial charge in [-0.2, -0.15) is 0 Å². The molecule has 1 aromatic heterocycles. The predicted molar refractivity (Wildman–Crippen MR) is 72.5 cm³/mol. The number of hydrogen-bond acceptors (Lipinski definition) is 5. The second-order valence-electron chi connectivity index (χ2n) is 4.93. The Balaban J connectivity index is 1.93. The van der Waals surface area contributed by atoms with Gasteiger partial charge in [0, 0.05) is 25.6 Å². The van der Waals surface area contributed by atoms with Crippen LogP contribution in [-0.2, 0) is 4.79 Å². The highest BCUT2D eigenvalue weighted by molar-refractivity contribution is 5.92. The Kier molecular flexibility index (Phi) is 4.16. The average molecular weight is 278 g/mol. The summed E-state index contributed by atoms with van der Waals surface area (Å²) < 4.78 is 0. The van der Waals surface area contributed by atoms with Crippen LogP contribution in [0.15, 0.2) is 12.1 Å². The number of anilines is 1. The van der Waals surface area contributed by atoms with E-state index in [1.54, 1.807) is 19.1 Å². The fourth-order valence-electron chi connectivity index (χ4n) is 2.08. The Labute approximate surface area is 117 Å². The van der Waals surface area contributed by atoms with E-state index in [4.69, 9.17) is 5.11 Å². The zero-order valence-electron chi connectivity index (χ0n) is 11.5. The summed E-state index contributed by atoms with van der Waals surface area (Å²) in [4.78, 5) is 24.4. The van der Waals surface area contributed by atoms with Crippen molar-refractivity contribution in [3.8, 4) is 0 Å². The van der Waals surface area contributed by atoms with Crippen LogP contribution in [-0.4, -0.2) is 46.8 Å². The van der Waals surface area contributed by atoms with Crippen molar-refractivity contribution in [3.05, 3.63) is 17.8 Å². The smallest absolute Gasteiger partial charge is 0.306 e. The standard InChI is InChI=1S/C13H18N4O3/c1-3-14-12(18)10-4-5-11(16-15-10)17-6-9(7-17)8(2)13(19)20/h4-5,8-9H,3,6-7H2,1-2H3,(H,14,18)(H,19,20). The van der Waals surface area contributed by atoms with E-state index in [9.17, 15) is 9.59 Å². The van der Waals surface area contributed by atoms with E-state index in [1.165, 1.54) is 0 Å². The minimum atomic E-state index is -0.771. The number of hydrogen-bond donors (Lipinski definition) is 2. The van der Waals surface area contributed by atoms with Crippen molar-refractivity contribution in [1.82, 2.24) is 15.5 Å². The van der Waals surface area contributed by atoms with Crippen molar-refractivity contribution < 1.29 is 14.7 Å². The van der Waals surface area contributed by atoms with Crippen LogP contribution in [0.3, 0.4) is 0 Å². The molecule has 0 radical (unpaired) electrons. The zero-order valence-corrected chi connectivity index (χ0v) is 11.5. The molecule has 0 aliphatic carbocycles. The number of aliphatic carboxylic acids is 1. The van der Waals surface area contributed by atoms with E-state index >= 15 is 0 Å². The van der Waals surface area contributed by atoms with E-state index in [2.05, 4.69) is 15.5 Å². The molecule has 7 heteroatoms. The number of carboxylic acid groups (broad SMARTS) is 1. The summed E-state index contributed by atoms with van der Waals surface area (Å²) in [6.45, 7) is 5.41. The quantitative estimate of drug-likeness (QED) is 0.808. The van der Waals surface area contributed by atoms with Gasteiger partial charge in [-0.05, 0) is 19.1 Å². The molecule has 1 atom stereocenters. The molecule has 2 heterocycles. The van der Waals surface area contributed by atoms with Crippen molar-refractivity contribution in [3.63, 3.8) is 0 Å². The van der Waals surface area contributed by atoms with Gasteiger partial charge in [-0.15, -0.1) is 10.2 Å². The molecule has 1 aliphatic heterocycles. The summed E-state index contributed by atoms with van der Waals surface area (Å²) in [6.07, 6.45) is 0. The van der Waals surface area contributed by atoms with Crippen LogP contribution in [0.4, 0.5) is 5.82 Å². The van der Waals surface area contributed by atoms with Gasteiger partial charge in [0.1, 0.15) is 0 Å². The summed E-state index contributed by atoms with van der Waals surface area (Å²) in [6, 6.07) is 3.36. The van der Waals surface area contributed by atoms with E-state index in [1.807, 2.05) is 11.8 Å². The number of carboxylic acids is 1. The Morgan fingerprint density at radius 2 is 2.15 bits per heavy atom. The molecule has 1 aliphatic rings. The summed E-state index contributed by atoms with van der Waals surface area (Å²) in [5, 5.41) is 19.5. The maximum absolute atomic E-state index is 11.5. The van der Waals surface area contributed by atoms with Gasteiger partial charge in [-0.3, -0.25) is 9.59 Å². The molecule has 1 amide bonds. The molecule has 1 unspecified atom stereocenters. The Morgan fingerprint density at radius 1 is 1.45 bits per heavy atom. The molecular formula is C13H18N4O3. The Hall–Kier alpha value is -2.18. The fraction of sp³-hybridized carbons (Fsp3) is 0.538. The largest absolute Gasteiger partial charge is 0.481 e. The molecule has 0 saturated carbocycles. The number of carbonyl (C=O) groups is 2. The minimum absolute atomic E-state index is 0.136. The van der Waals surface area contributed by atoms with Crippen LogP contribution in [0.5, 0.6) is 0 Å². The van der Waals surface area contributed by atoms with Crippen LogP contribution in [0.25, 0.3) is 0 Å². The molecule has 108 valence electrons. The fourth-order valence-corrected chi connectivity index (χ4v) is 2.08. The first-order chi connectivity index (χ1) is 9.52. The molecule has 20 heavy (non-hydrogen) atoms. The van der Waals surface area contributed by atoms with Crippen molar-refractivity contribution >= 4 is 17.7 Å². The van der Waals surface area contributed by atoms with Gasteiger partial charge in [0.2, 0.25) is 0 Å². The SMILES string of the molecule is CCNC(=O)c1ccc(N2CC(C(C)C(=O)O)C2)nn1. The van der Waals surface area contributed by atoms with Crippen molar-refractivity contribution in [2.24, 2.45) is 11.8 Å². The Morgan fingerprint density at radius 3 is 2.65 bits per heavy atom. The first kappa shape index (κ1) is 14.2. The third-order valence-electron chi connectivity index (χ3n) is 3.55. The van der Waals surface area contributed by atoms with Crippen LogP contribution in [0.2, 0.25) is 0 Å². The lowest BCUT2D eigenvalue weighted by Gasteiger charge is -2.41. The highest BCUT2D eigenvalue weighted by atomic mass is 16.4. The molecule has 2 rings (SSSR count). The number of nitrogens with zero attached hydrogens (tertiary/aromatic N) is 3. The van der Waals surface area contributed by atoms with Gasteiger partial charge < -0.3 is 15.3 Å². The van der Waals surface area contributed by atoms with E-state index in [0.29, 0.717) is 25.5 Å². The lowest BCUT2D eigenvalue weighted by Crippen LogP contribution is -2.51. The molecule has 7 nitrogen and oxygen atoms in total. The van der Waals surface area contributed by atoms with Crippen molar-refractivity contribution in [2.45, 2.75) is 13.8 Å². The number of nitrogens with one attached hydrogen (secondary N) is 1. The molecular weight excluding hydrogens is 260 g/mol. The van der Waals surface area contributed by atoms with Gasteiger partial charge in [0.15, 0.2) is 11.5 Å². The second kappa shape index (κ2) is 5.85. The van der Waals surface area contributed by atoms with Gasteiger partial charge in [0.25, 0.3) is 5.91 Å². The highest BCUT2D eigenvalue weighted by Gasteiger charge is 2.35. The number of aromatic nitrogens is 2. The van der Waals surface area contributed by atoms with Crippen LogP contribution in [0, 0.1) is 11.8 Å². The lowest BCUT2D eigenvalue weighted by molar-refractivity contribution is -0.143. The predicted octanol–water partition coefficient (Wildman–Crippen LogP) is 0.383. The minimum Gasteiger partial charge on any atom is -0.481 e. The van der Waals surface area contributed by atoms with Gasteiger partial charge in [-0.1, -0.05) is 6.92 Å². The molecule has 2 N–H and O–H groups in total. The molecule has 1 fully saturated rings. The lowest BCUT2D eigenvalue weighted by atomic mass is 9.87. The third-order valence-corrected chi connectivity index (χ3v) is 3.55. The van der Waals surface area contributed by atoms with Crippen molar-refractivity contribution in [2.75, 3.05) is 24.5 Å². The maximum atomic E-state index is 11.5. The normalized spacial score (nSPS) is 16.4. The molecule has 0 aromatic carbocycles. The van der Waals surface area contributed by atoms with Crippen LogP contribution in [0.1, 0.15) is 24.3 Å². The topological polar surface area (TPSA) is 95.4 Å². The number of rotatable bonds is 5. The number of amides is 1. The Bertz CT molecular complexity index is 497. The monoisotopic (exact) mass is 278 g/mol. The maximum Gasteiger partial charge on any atom is 0.306 e. The van der Waals surface area contributed by atoms with Gasteiger partial charge in [0.05, 0.1) is 5.92 Å². The molecule has 0 spiro atoms. The molecule has 1 saturated heterocycles. The average Bonchev–Trinajstić information content (AvgIpc) is 2.37. The first-order valence-corrected chi connectivity index (χ1v) is 6.62. The van der Waals surface area contributed by atoms with Crippen LogP contribution >= 0.6 is 0 Å². The van der Waals surface area contributed by atoms with E-state index < -0.39 is 5.97 Å². The molecule has 0 bridgehead atoms. The number of carbonyl (C=O) groups excluding carboxylic acids is 1. The zero-order chi connectivity index (χ0) is 14.7. The summed E-state index contributed by atoms with van der Waals surface area (Å²) in [5.74, 6) is -0.557. The van der Waals surface area contributed by atoms with Crippen molar-refractivity contribution in [1.29, 1.82) is 0 Å². The van der Waals surface area contributed by atoms with Crippen LogP contribution < -0.4 is 10.2 Å². The first-order valence-electron chi connectivity index (χ1n) is 6.62. The summed E-state index contributed by atoms with van der Waals surface area (Å²) in [7, 11) is 0. The summed E-state index contributed by atoms with van der Waals surface area (Å²) in [5.41, 5.74) is 0.284. The summed E-state index contributed by atoms with van der Waals surface area (Å²) >= 11 is 0. The highest BCUT2D eigenvalue weighted by Crippen LogP contribution is 2.27. The van der Waals surface area contributed by atoms with Gasteiger partial charge >= 0.3 is 5.97 Å².